The number of hydrazine groups is 1. The first-order valence-corrected chi connectivity index (χ1v) is 13.9. The molecule has 0 aliphatic heterocycles. The Balaban J connectivity index is 1.69. The Morgan fingerprint density at radius 1 is 1.21 bits per heavy atom. The SMILES string of the molecule is CCCCc1nc(Cl)c(C=O)n1Cc1ccc(-c2ccccc2/C(N)=N/N(N)C(C)OC(=O)OCCCO[N+](=O)[O-])cc1. The second-order valence-corrected chi connectivity index (χ2v) is 9.70. The first-order valence-electron chi connectivity index (χ1n) is 13.5. The average Bonchev–Trinajstić information content (AvgIpc) is 3.29. The van der Waals surface area contributed by atoms with Crippen LogP contribution in [0.15, 0.2) is 53.6 Å². The van der Waals surface area contributed by atoms with E-state index in [0.29, 0.717) is 17.8 Å². The van der Waals surface area contributed by atoms with Crippen molar-refractivity contribution < 1.29 is 29.0 Å². The highest BCUT2D eigenvalue weighted by atomic mass is 35.5. The summed E-state index contributed by atoms with van der Waals surface area (Å²) in [5, 5.41) is 14.4. The fourth-order valence-corrected chi connectivity index (χ4v) is 4.31. The summed E-state index contributed by atoms with van der Waals surface area (Å²) in [6.45, 7) is 3.63. The third-order valence-corrected chi connectivity index (χ3v) is 6.56. The fourth-order valence-electron chi connectivity index (χ4n) is 4.07. The van der Waals surface area contributed by atoms with Crippen LogP contribution in [0.25, 0.3) is 11.1 Å². The van der Waals surface area contributed by atoms with Gasteiger partial charge in [0.1, 0.15) is 11.5 Å². The van der Waals surface area contributed by atoms with E-state index in [1.165, 1.54) is 6.92 Å². The van der Waals surface area contributed by atoms with E-state index in [0.717, 1.165) is 53.2 Å². The van der Waals surface area contributed by atoms with Gasteiger partial charge in [0.15, 0.2) is 17.3 Å². The molecule has 3 aromatic rings. The minimum atomic E-state index is -1.04. The predicted molar refractivity (Wildman–Crippen MR) is 158 cm³/mol. The number of aryl methyl sites for hydroxylation is 1. The predicted octanol–water partition coefficient (Wildman–Crippen LogP) is 4.30. The van der Waals surface area contributed by atoms with Crippen molar-refractivity contribution in [3.8, 4) is 11.1 Å². The molecule has 1 atom stereocenters. The molecule has 0 amide bonds. The second kappa shape index (κ2) is 16.1. The molecular formula is C28H34ClN7O7. The number of hydrazone groups is 1. The summed E-state index contributed by atoms with van der Waals surface area (Å²) in [5.74, 6) is 6.81. The molecule has 15 heteroatoms. The number of carbonyl (C=O) groups excluding carboxylic acids is 2. The zero-order valence-electron chi connectivity index (χ0n) is 23.8. The molecule has 1 aromatic heterocycles. The van der Waals surface area contributed by atoms with Crippen molar-refractivity contribution in [2.75, 3.05) is 13.2 Å². The summed E-state index contributed by atoms with van der Waals surface area (Å²) in [5.41, 5.74) is 9.85. The Kier molecular flexibility index (Phi) is 12.3. The molecule has 0 saturated heterocycles. The van der Waals surface area contributed by atoms with Crippen molar-refractivity contribution >= 4 is 29.9 Å². The highest BCUT2D eigenvalue weighted by Gasteiger charge is 2.18. The normalized spacial score (nSPS) is 12.0. The van der Waals surface area contributed by atoms with Crippen LogP contribution in [0.4, 0.5) is 4.79 Å². The van der Waals surface area contributed by atoms with Gasteiger partial charge in [-0.25, -0.2) is 15.6 Å². The molecule has 3 rings (SSSR count). The maximum atomic E-state index is 11.9. The lowest BCUT2D eigenvalue weighted by Crippen LogP contribution is -2.40. The van der Waals surface area contributed by atoms with Gasteiger partial charge >= 0.3 is 6.16 Å². The summed E-state index contributed by atoms with van der Waals surface area (Å²) in [6.07, 6.45) is 1.41. The van der Waals surface area contributed by atoms with E-state index >= 15 is 0 Å². The van der Waals surface area contributed by atoms with Crippen LogP contribution in [0.1, 0.15) is 60.5 Å². The van der Waals surface area contributed by atoms with E-state index in [4.69, 9.17) is 32.7 Å². The molecule has 0 bridgehead atoms. The molecule has 0 aliphatic rings. The van der Waals surface area contributed by atoms with Gasteiger partial charge in [0.2, 0.25) is 6.23 Å². The number of nitrogens with two attached hydrogens (primary N) is 2. The Bertz CT molecular complexity index is 1430. The molecule has 1 unspecified atom stereocenters. The summed E-state index contributed by atoms with van der Waals surface area (Å²) in [7, 11) is 0. The number of hydrogen-bond donors (Lipinski definition) is 2. The van der Waals surface area contributed by atoms with Crippen LogP contribution in [-0.2, 0) is 27.3 Å². The van der Waals surface area contributed by atoms with Gasteiger partial charge in [-0.3, -0.25) is 4.79 Å². The Hall–Kier alpha value is -4.69. The summed E-state index contributed by atoms with van der Waals surface area (Å²) < 4.78 is 11.8. The van der Waals surface area contributed by atoms with E-state index in [1.807, 2.05) is 41.0 Å². The number of benzene rings is 2. The summed E-state index contributed by atoms with van der Waals surface area (Å²) in [6, 6.07) is 15.1. The van der Waals surface area contributed by atoms with E-state index in [9.17, 15) is 19.7 Å². The number of unbranched alkanes of at least 4 members (excludes halogenated alkanes) is 1. The number of halogens is 1. The van der Waals surface area contributed by atoms with Crippen LogP contribution in [0.2, 0.25) is 5.15 Å². The number of ether oxygens (including phenoxy) is 2. The highest BCUT2D eigenvalue weighted by Crippen LogP contribution is 2.25. The van der Waals surface area contributed by atoms with Gasteiger partial charge < -0.3 is 24.6 Å². The summed E-state index contributed by atoms with van der Waals surface area (Å²) >= 11 is 6.21. The van der Waals surface area contributed by atoms with Crippen LogP contribution in [-0.4, -0.2) is 57.5 Å². The van der Waals surface area contributed by atoms with Crippen molar-refractivity contribution in [3.05, 3.63) is 86.4 Å². The van der Waals surface area contributed by atoms with Crippen LogP contribution in [0, 0.1) is 10.1 Å². The molecule has 2 aromatic carbocycles. The van der Waals surface area contributed by atoms with Gasteiger partial charge in [-0.05, 0) is 30.0 Å². The van der Waals surface area contributed by atoms with E-state index in [2.05, 4.69) is 21.8 Å². The number of nitrogens with zero attached hydrogens (tertiary/aromatic N) is 5. The minimum absolute atomic E-state index is 0.0761. The van der Waals surface area contributed by atoms with Crippen LogP contribution in [0.5, 0.6) is 0 Å². The van der Waals surface area contributed by atoms with Gasteiger partial charge in [0, 0.05) is 24.9 Å². The first kappa shape index (κ1) is 32.8. The smallest absolute Gasteiger partial charge is 0.434 e. The van der Waals surface area contributed by atoms with Crippen molar-refractivity contribution in [2.45, 2.75) is 52.3 Å². The molecule has 0 spiro atoms. The maximum absolute atomic E-state index is 11.9. The van der Waals surface area contributed by atoms with Crippen LogP contribution in [0.3, 0.4) is 0 Å². The molecule has 43 heavy (non-hydrogen) atoms. The maximum Gasteiger partial charge on any atom is 0.510 e. The molecule has 230 valence electrons. The van der Waals surface area contributed by atoms with Crippen molar-refractivity contribution in [2.24, 2.45) is 16.7 Å². The molecular weight excluding hydrogens is 582 g/mol. The monoisotopic (exact) mass is 615 g/mol. The Morgan fingerprint density at radius 3 is 2.60 bits per heavy atom. The van der Waals surface area contributed by atoms with E-state index < -0.39 is 17.5 Å². The van der Waals surface area contributed by atoms with Crippen molar-refractivity contribution in [1.82, 2.24) is 14.7 Å². The summed E-state index contributed by atoms with van der Waals surface area (Å²) in [4.78, 5) is 42.2. The van der Waals surface area contributed by atoms with Crippen LogP contribution < -0.4 is 11.6 Å². The van der Waals surface area contributed by atoms with Crippen molar-refractivity contribution in [1.29, 1.82) is 0 Å². The largest absolute Gasteiger partial charge is 0.510 e. The standard InChI is InChI=1S/C28H34ClN7O7/c1-3-4-10-25-32-26(29)24(18-37)34(25)17-20-11-13-21(14-12-20)22-8-5-6-9-23(22)27(30)33-35(31)19(2)43-28(38)41-15-7-16-42-36(39)40/h5-6,8-9,11-14,18-19H,3-4,7,10,15-17,31H2,1-2H3,(H2,30,33). The van der Waals surface area contributed by atoms with E-state index in [1.54, 1.807) is 12.1 Å². The number of aldehydes is 1. The van der Waals surface area contributed by atoms with E-state index in [-0.39, 0.29) is 30.6 Å². The zero-order valence-corrected chi connectivity index (χ0v) is 24.6. The highest BCUT2D eigenvalue weighted by molar-refractivity contribution is 6.31. The topological polar surface area (TPSA) is 190 Å². The van der Waals surface area contributed by atoms with Gasteiger partial charge in [-0.2, -0.15) is 5.12 Å². The third-order valence-electron chi connectivity index (χ3n) is 6.28. The van der Waals surface area contributed by atoms with Gasteiger partial charge in [-0.1, -0.05) is 73.5 Å². The van der Waals surface area contributed by atoms with Gasteiger partial charge in [0.25, 0.3) is 5.09 Å². The number of imidazole rings is 1. The Labute approximate surface area is 253 Å². The number of carbonyl (C=O) groups is 2. The number of amidine groups is 1. The minimum Gasteiger partial charge on any atom is -0.434 e. The lowest BCUT2D eigenvalue weighted by Gasteiger charge is -2.21. The van der Waals surface area contributed by atoms with Gasteiger partial charge in [0.05, 0.1) is 13.2 Å². The fraction of sp³-hybridized carbons (Fsp3) is 0.357. The average molecular weight is 616 g/mol. The molecule has 0 aliphatic carbocycles. The molecule has 1 heterocycles. The molecule has 0 fully saturated rings. The number of rotatable bonds is 16. The molecule has 0 radical (unpaired) electrons. The quantitative estimate of drug-likeness (QED) is 0.0269. The number of aromatic nitrogens is 2. The van der Waals surface area contributed by atoms with Gasteiger partial charge in [-0.15, -0.1) is 15.2 Å². The molecule has 14 nitrogen and oxygen atoms in total. The Morgan fingerprint density at radius 2 is 1.93 bits per heavy atom. The second-order valence-electron chi connectivity index (χ2n) is 9.35. The number of hydrogen-bond acceptors (Lipinski definition) is 11. The van der Waals surface area contributed by atoms with Crippen LogP contribution >= 0.6 is 11.6 Å². The lowest BCUT2D eigenvalue weighted by molar-refractivity contribution is -0.757. The molecule has 0 saturated carbocycles. The first-order chi connectivity index (χ1) is 20.6. The third kappa shape index (κ3) is 9.41. The molecule has 4 N–H and O–H groups in total. The lowest BCUT2D eigenvalue weighted by atomic mass is 9.98. The zero-order chi connectivity index (χ0) is 31.4. The van der Waals surface area contributed by atoms with Crippen molar-refractivity contribution in [3.63, 3.8) is 0 Å².